The second-order valence-corrected chi connectivity index (χ2v) is 2.22. The van der Waals surface area contributed by atoms with Crippen LogP contribution in [0.3, 0.4) is 0 Å². The first kappa shape index (κ1) is 9.64. The van der Waals surface area contributed by atoms with E-state index in [1.807, 2.05) is 0 Å². The molecule has 0 saturated heterocycles. The first-order valence-electron chi connectivity index (χ1n) is 3.41. The molecular formula is C9H6F3O. The molecule has 0 fully saturated rings. The zero-order chi connectivity index (χ0) is 9.90. The highest BCUT2D eigenvalue weighted by Crippen LogP contribution is 2.26. The molecule has 0 saturated carbocycles. The molecule has 0 aromatic heterocycles. The van der Waals surface area contributed by atoms with Crippen LogP contribution in [0.1, 0.15) is 5.56 Å². The fourth-order valence-corrected chi connectivity index (χ4v) is 0.806. The molecular weight excluding hydrogens is 181 g/mol. The lowest BCUT2D eigenvalue weighted by atomic mass is 10.2. The Kier molecular flexibility index (Phi) is 2.60. The van der Waals surface area contributed by atoms with E-state index < -0.39 is 6.36 Å². The monoisotopic (exact) mass is 187 g/mol. The molecule has 0 bridgehead atoms. The van der Waals surface area contributed by atoms with E-state index in [1.54, 1.807) is 0 Å². The first-order chi connectivity index (χ1) is 6.03. The molecule has 0 unspecified atom stereocenters. The summed E-state index contributed by atoms with van der Waals surface area (Å²) in [5.41, 5.74) is 0.264. The summed E-state index contributed by atoms with van der Waals surface area (Å²) in [6.07, 6.45) is -3.39. The highest BCUT2D eigenvalue weighted by Gasteiger charge is 2.31. The molecule has 13 heavy (non-hydrogen) atoms. The lowest BCUT2D eigenvalue weighted by Crippen LogP contribution is -2.17. The standard InChI is InChI=1S/C9H6F3O/c1-2-7-5-3-4-6-8(7)13-9(10,11)12/h2,4-6H,1H2. The predicted octanol–water partition coefficient (Wildman–Crippen LogP) is 3.03. The zero-order valence-electron chi connectivity index (χ0n) is 6.56. The molecule has 69 valence electrons. The fraction of sp³-hybridized carbons (Fsp3) is 0.111. The van der Waals surface area contributed by atoms with E-state index in [0.29, 0.717) is 0 Å². The van der Waals surface area contributed by atoms with Crippen molar-refractivity contribution in [2.75, 3.05) is 0 Å². The van der Waals surface area contributed by atoms with Crippen molar-refractivity contribution >= 4 is 6.08 Å². The first-order valence-corrected chi connectivity index (χ1v) is 3.41. The molecule has 1 rings (SSSR count). The normalized spacial score (nSPS) is 11.0. The van der Waals surface area contributed by atoms with Gasteiger partial charge in [0.05, 0.1) is 0 Å². The molecule has 1 nitrogen and oxygen atoms in total. The molecule has 0 aliphatic rings. The summed E-state index contributed by atoms with van der Waals surface area (Å²) in [5.74, 6) is -0.263. The molecule has 1 aromatic carbocycles. The maximum Gasteiger partial charge on any atom is 0.573 e. The van der Waals surface area contributed by atoms with Crippen LogP contribution in [-0.4, -0.2) is 6.36 Å². The van der Waals surface area contributed by atoms with E-state index in [0.717, 1.165) is 0 Å². The van der Waals surface area contributed by atoms with Gasteiger partial charge in [-0.25, -0.2) is 0 Å². The predicted molar refractivity (Wildman–Crippen MR) is 42.1 cm³/mol. The van der Waals surface area contributed by atoms with Crippen LogP contribution in [0.5, 0.6) is 5.75 Å². The number of benzene rings is 1. The van der Waals surface area contributed by atoms with Crippen LogP contribution < -0.4 is 4.74 Å². The molecule has 1 aromatic rings. The number of hydrogen-bond acceptors (Lipinski definition) is 1. The molecule has 0 atom stereocenters. The Bertz CT molecular complexity index is 304. The van der Waals surface area contributed by atoms with Crippen molar-refractivity contribution in [3.63, 3.8) is 0 Å². The largest absolute Gasteiger partial charge is 0.573 e. The van der Waals surface area contributed by atoms with Crippen LogP contribution in [0.25, 0.3) is 6.08 Å². The number of halogens is 3. The van der Waals surface area contributed by atoms with Crippen LogP contribution >= 0.6 is 0 Å². The van der Waals surface area contributed by atoms with Crippen LogP contribution in [0.2, 0.25) is 0 Å². The van der Waals surface area contributed by atoms with Crippen molar-refractivity contribution in [2.45, 2.75) is 6.36 Å². The van der Waals surface area contributed by atoms with Crippen LogP contribution in [0.4, 0.5) is 13.2 Å². The Morgan fingerprint density at radius 1 is 1.46 bits per heavy atom. The summed E-state index contributed by atoms with van der Waals surface area (Å²) in [4.78, 5) is 0. The lowest BCUT2D eigenvalue weighted by Gasteiger charge is -2.10. The molecule has 0 amide bonds. The van der Waals surface area contributed by atoms with Gasteiger partial charge in [-0.1, -0.05) is 18.7 Å². The molecule has 0 spiro atoms. The van der Waals surface area contributed by atoms with E-state index in [-0.39, 0.29) is 11.3 Å². The third-order valence-corrected chi connectivity index (χ3v) is 1.30. The van der Waals surface area contributed by atoms with Gasteiger partial charge >= 0.3 is 6.36 Å². The summed E-state index contributed by atoms with van der Waals surface area (Å²) in [5, 5.41) is 0. The Balaban J connectivity index is 2.94. The SMILES string of the molecule is C=Cc1c[c]ccc1OC(F)(F)F. The average Bonchev–Trinajstić information content (AvgIpc) is 2.02. The summed E-state index contributed by atoms with van der Waals surface area (Å²) in [6, 6.07) is 6.51. The minimum atomic E-state index is -4.67. The number of hydrogen-bond donors (Lipinski definition) is 0. The topological polar surface area (TPSA) is 9.23 Å². The van der Waals surface area contributed by atoms with Crippen molar-refractivity contribution in [2.24, 2.45) is 0 Å². The number of rotatable bonds is 2. The van der Waals surface area contributed by atoms with E-state index in [4.69, 9.17) is 0 Å². The fourth-order valence-electron chi connectivity index (χ4n) is 0.806. The molecule has 0 N–H and O–H groups in total. The Morgan fingerprint density at radius 3 is 2.69 bits per heavy atom. The van der Waals surface area contributed by atoms with E-state index in [2.05, 4.69) is 17.4 Å². The summed E-state index contributed by atoms with van der Waals surface area (Å²) < 4.78 is 39.1. The van der Waals surface area contributed by atoms with Crippen molar-refractivity contribution in [3.8, 4) is 5.75 Å². The molecule has 0 aliphatic carbocycles. The highest BCUT2D eigenvalue weighted by atomic mass is 19.4. The van der Waals surface area contributed by atoms with Gasteiger partial charge in [-0.2, -0.15) is 0 Å². The van der Waals surface area contributed by atoms with Gasteiger partial charge in [0, 0.05) is 5.56 Å². The molecule has 4 heteroatoms. The smallest absolute Gasteiger partial charge is 0.405 e. The minimum absolute atomic E-state index is 0.263. The summed E-state index contributed by atoms with van der Waals surface area (Å²) in [6.45, 7) is 3.35. The molecule has 0 heterocycles. The van der Waals surface area contributed by atoms with E-state index in [1.165, 1.54) is 24.3 Å². The third kappa shape index (κ3) is 2.82. The van der Waals surface area contributed by atoms with Gasteiger partial charge < -0.3 is 4.74 Å². The molecule has 0 aliphatic heterocycles. The van der Waals surface area contributed by atoms with Gasteiger partial charge in [0.2, 0.25) is 0 Å². The second kappa shape index (κ2) is 3.51. The van der Waals surface area contributed by atoms with E-state index >= 15 is 0 Å². The quantitative estimate of drug-likeness (QED) is 0.691. The third-order valence-electron chi connectivity index (χ3n) is 1.30. The van der Waals surface area contributed by atoms with Gasteiger partial charge in [-0.3, -0.25) is 0 Å². The minimum Gasteiger partial charge on any atom is -0.405 e. The Labute approximate surface area is 73.4 Å². The van der Waals surface area contributed by atoms with Crippen LogP contribution in [0, 0.1) is 6.07 Å². The molecule has 1 radical (unpaired) electrons. The lowest BCUT2D eigenvalue weighted by molar-refractivity contribution is -0.274. The zero-order valence-corrected chi connectivity index (χ0v) is 6.56. The van der Waals surface area contributed by atoms with Gasteiger partial charge in [-0.05, 0) is 18.2 Å². The second-order valence-electron chi connectivity index (χ2n) is 2.22. The number of alkyl halides is 3. The average molecular weight is 187 g/mol. The van der Waals surface area contributed by atoms with E-state index in [9.17, 15) is 13.2 Å². The van der Waals surface area contributed by atoms with Crippen LogP contribution in [0.15, 0.2) is 24.8 Å². The Morgan fingerprint density at radius 2 is 2.15 bits per heavy atom. The summed E-state index contributed by atoms with van der Waals surface area (Å²) >= 11 is 0. The highest BCUT2D eigenvalue weighted by molar-refractivity contribution is 5.55. The van der Waals surface area contributed by atoms with Gasteiger partial charge in [0.15, 0.2) is 0 Å². The summed E-state index contributed by atoms with van der Waals surface area (Å²) in [7, 11) is 0. The van der Waals surface area contributed by atoms with Crippen molar-refractivity contribution < 1.29 is 17.9 Å². The van der Waals surface area contributed by atoms with Gasteiger partial charge in [-0.15, -0.1) is 13.2 Å². The maximum absolute atomic E-state index is 11.8. The van der Waals surface area contributed by atoms with Gasteiger partial charge in [0.25, 0.3) is 0 Å². The number of ether oxygens (including phenoxy) is 1. The van der Waals surface area contributed by atoms with Crippen LogP contribution in [-0.2, 0) is 0 Å². The Hall–Kier alpha value is -1.45. The van der Waals surface area contributed by atoms with Gasteiger partial charge in [0.1, 0.15) is 5.75 Å². The van der Waals surface area contributed by atoms with Crippen molar-refractivity contribution in [3.05, 3.63) is 36.4 Å². The van der Waals surface area contributed by atoms with Crippen molar-refractivity contribution in [1.82, 2.24) is 0 Å². The maximum atomic E-state index is 11.8. The van der Waals surface area contributed by atoms with Crippen molar-refractivity contribution in [1.29, 1.82) is 0 Å².